The maximum absolute atomic E-state index is 12.8. The predicted molar refractivity (Wildman–Crippen MR) is 105 cm³/mol. The Morgan fingerprint density at radius 1 is 1.00 bits per heavy atom. The van der Waals surface area contributed by atoms with Gasteiger partial charge in [-0.15, -0.1) is 0 Å². The van der Waals surface area contributed by atoms with Gasteiger partial charge in [-0.3, -0.25) is 4.79 Å². The van der Waals surface area contributed by atoms with Gasteiger partial charge in [-0.05, 0) is 48.9 Å². The van der Waals surface area contributed by atoms with Crippen molar-refractivity contribution in [1.82, 2.24) is 0 Å². The lowest BCUT2D eigenvalue weighted by molar-refractivity contribution is -0.114. The minimum atomic E-state index is -0.240. The number of halogens is 2. The maximum Gasteiger partial charge on any atom is 0.280 e. The summed E-state index contributed by atoms with van der Waals surface area (Å²) in [6, 6.07) is 10.4. The van der Waals surface area contributed by atoms with Gasteiger partial charge in [0.25, 0.3) is 5.91 Å². The zero-order chi connectivity index (χ0) is 18.8. The first-order valence-corrected chi connectivity index (χ1v) is 8.49. The van der Waals surface area contributed by atoms with E-state index >= 15 is 0 Å². The molecule has 134 valence electrons. The Balaban J connectivity index is 1.95. The minimum absolute atomic E-state index is 0.240. The number of benzene rings is 2. The first-order valence-electron chi connectivity index (χ1n) is 7.73. The van der Waals surface area contributed by atoms with Crippen LogP contribution in [0.25, 0.3) is 6.08 Å². The number of rotatable bonds is 4. The number of nitrogens with zero attached hydrogens (tertiary/aromatic N) is 2. The number of hydrogen-bond donors (Lipinski definition) is 0. The van der Waals surface area contributed by atoms with E-state index < -0.39 is 0 Å². The lowest BCUT2D eigenvalue weighted by atomic mass is 10.1. The Morgan fingerprint density at radius 3 is 2.38 bits per heavy atom. The molecule has 0 atom stereocenters. The highest BCUT2D eigenvalue weighted by Gasteiger charge is 2.29. The van der Waals surface area contributed by atoms with Gasteiger partial charge in [0.05, 0.1) is 41.2 Å². The molecular formula is C19H16Cl2N2O3. The molecule has 1 aliphatic rings. The molecular weight excluding hydrogens is 375 g/mol. The van der Waals surface area contributed by atoms with Crippen LogP contribution in [0.4, 0.5) is 5.69 Å². The van der Waals surface area contributed by atoms with Crippen LogP contribution in [0.15, 0.2) is 47.1 Å². The number of amides is 1. The summed E-state index contributed by atoms with van der Waals surface area (Å²) in [5, 5.41) is 6.43. The highest BCUT2D eigenvalue weighted by molar-refractivity contribution is 6.42. The Hall–Kier alpha value is -2.50. The Morgan fingerprint density at radius 2 is 1.73 bits per heavy atom. The number of carbonyl (C=O) groups is 1. The van der Waals surface area contributed by atoms with Gasteiger partial charge < -0.3 is 9.47 Å². The third kappa shape index (κ3) is 3.41. The SMILES string of the molecule is COc1ccc(/C=C2/C(=O)N(c3ccc(Cl)c(Cl)c3)N=C2C)cc1OC. The summed E-state index contributed by atoms with van der Waals surface area (Å²) in [5.74, 6) is 0.967. The average molecular weight is 391 g/mol. The second kappa shape index (κ2) is 7.40. The van der Waals surface area contributed by atoms with Crippen molar-refractivity contribution in [3.63, 3.8) is 0 Å². The molecule has 1 aliphatic heterocycles. The van der Waals surface area contributed by atoms with Crippen LogP contribution in [0.3, 0.4) is 0 Å². The molecule has 2 aromatic carbocycles. The zero-order valence-corrected chi connectivity index (χ0v) is 15.9. The summed E-state index contributed by atoms with van der Waals surface area (Å²) in [6.07, 6.45) is 1.76. The summed E-state index contributed by atoms with van der Waals surface area (Å²) in [5.41, 5.74) is 2.45. The first kappa shape index (κ1) is 18.3. The van der Waals surface area contributed by atoms with Crippen LogP contribution in [0.5, 0.6) is 11.5 Å². The summed E-state index contributed by atoms with van der Waals surface area (Å²) in [7, 11) is 3.14. The van der Waals surface area contributed by atoms with Crippen LogP contribution in [-0.2, 0) is 4.79 Å². The largest absolute Gasteiger partial charge is 0.493 e. The van der Waals surface area contributed by atoms with E-state index in [1.165, 1.54) is 5.01 Å². The van der Waals surface area contributed by atoms with Crippen molar-refractivity contribution >= 4 is 46.6 Å². The molecule has 0 aliphatic carbocycles. The monoisotopic (exact) mass is 390 g/mol. The molecule has 7 heteroatoms. The zero-order valence-electron chi connectivity index (χ0n) is 14.4. The molecule has 3 rings (SSSR count). The highest BCUT2D eigenvalue weighted by atomic mass is 35.5. The third-order valence-electron chi connectivity index (χ3n) is 3.93. The van der Waals surface area contributed by atoms with Crippen molar-refractivity contribution in [2.24, 2.45) is 5.10 Å². The number of anilines is 1. The number of ether oxygens (including phenoxy) is 2. The van der Waals surface area contributed by atoms with E-state index in [-0.39, 0.29) is 5.91 Å². The number of hydrogen-bond acceptors (Lipinski definition) is 4. The molecule has 26 heavy (non-hydrogen) atoms. The van der Waals surface area contributed by atoms with Crippen molar-refractivity contribution in [1.29, 1.82) is 0 Å². The van der Waals surface area contributed by atoms with Gasteiger partial charge in [0.1, 0.15) is 0 Å². The van der Waals surface area contributed by atoms with Crippen molar-refractivity contribution in [3.8, 4) is 11.5 Å². The van der Waals surface area contributed by atoms with E-state index in [9.17, 15) is 4.79 Å². The second-order valence-electron chi connectivity index (χ2n) is 5.57. The quantitative estimate of drug-likeness (QED) is 0.703. The molecule has 0 radical (unpaired) electrons. The van der Waals surface area contributed by atoms with Crippen LogP contribution in [0.2, 0.25) is 10.0 Å². The van der Waals surface area contributed by atoms with Crippen molar-refractivity contribution in [3.05, 3.63) is 57.6 Å². The number of carbonyl (C=O) groups excluding carboxylic acids is 1. The third-order valence-corrected chi connectivity index (χ3v) is 4.67. The van der Waals surface area contributed by atoms with Crippen molar-refractivity contribution < 1.29 is 14.3 Å². The molecule has 0 N–H and O–H groups in total. The second-order valence-corrected chi connectivity index (χ2v) is 6.39. The summed E-state index contributed by atoms with van der Waals surface area (Å²) < 4.78 is 10.5. The molecule has 5 nitrogen and oxygen atoms in total. The number of methoxy groups -OCH3 is 2. The van der Waals surface area contributed by atoms with Crippen LogP contribution < -0.4 is 14.5 Å². The Kier molecular flexibility index (Phi) is 5.20. The molecule has 0 aromatic heterocycles. The molecule has 2 aromatic rings. The molecule has 1 heterocycles. The van der Waals surface area contributed by atoms with E-state index in [0.717, 1.165) is 5.56 Å². The topological polar surface area (TPSA) is 51.1 Å². The lowest BCUT2D eigenvalue weighted by Gasteiger charge is -2.12. The molecule has 0 fully saturated rings. The van der Waals surface area contributed by atoms with Crippen LogP contribution in [-0.4, -0.2) is 25.8 Å². The predicted octanol–water partition coefficient (Wildman–Crippen LogP) is 4.82. The maximum atomic E-state index is 12.8. The first-order chi connectivity index (χ1) is 12.4. The van der Waals surface area contributed by atoms with Crippen LogP contribution in [0, 0.1) is 0 Å². The fourth-order valence-electron chi connectivity index (χ4n) is 2.59. The molecule has 1 amide bonds. The normalized spacial score (nSPS) is 15.4. The van der Waals surface area contributed by atoms with Gasteiger partial charge in [-0.25, -0.2) is 0 Å². The molecule has 0 saturated carbocycles. The molecule has 0 saturated heterocycles. The van der Waals surface area contributed by atoms with Crippen LogP contribution >= 0.6 is 23.2 Å². The molecule has 0 bridgehead atoms. The highest BCUT2D eigenvalue weighted by Crippen LogP contribution is 2.32. The Bertz CT molecular complexity index is 938. The van der Waals surface area contributed by atoms with E-state index in [4.69, 9.17) is 32.7 Å². The van der Waals surface area contributed by atoms with Crippen LogP contribution in [0.1, 0.15) is 12.5 Å². The van der Waals surface area contributed by atoms with E-state index in [1.807, 2.05) is 6.07 Å². The lowest BCUT2D eigenvalue weighted by Crippen LogP contribution is -2.21. The van der Waals surface area contributed by atoms with Gasteiger partial charge in [-0.2, -0.15) is 10.1 Å². The van der Waals surface area contributed by atoms with Gasteiger partial charge >= 0.3 is 0 Å². The fraction of sp³-hybridized carbons (Fsp3) is 0.158. The molecule has 0 spiro atoms. The van der Waals surface area contributed by atoms with Gasteiger partial charge in [0.2, 0.25) is 0 Å². The van der Waals surface area contributed by atoms with Crippen molar-refractivity contribution in [2.45, 2.75) is 6.92 Å². The number of hydrazone groups is 1. The summed E-state index contributed by atoms with van der Waals surface area (Å²) in [6.45, 7) is 1.78. The Labute approximate surface area is 161 Å². The van der Waals surface area contributed by atoms with E-state index in [0.29, 0.717) is 38.5 Å². The molecule has 0 unspecified atom stereocenters. The summed E-state index contributed by atoms with van der Waals surface area (Å²) >= 11 is 12.0. The van der Waals surface area contributed by atoms with Gasteiger partial charge in [0, 0.05) is 0 Å². The standard InChI is InChI=1S/C19H16Cl2N2O3/c1-11-14(8-12-4-7-17(25-2)18(9-12)26-3)19(24)23(22-11)13-5-6-15(20)16(21)10-13/h4-10H,1-3H3/b14-8+. The van der Waals surface area contributed by atoms with E-state index in [1.54, 1.807) is 57.6 Å². The smallest absolute Gasteiger partial charge is 0.280 e. The van der Waals surface area contributed by atoms with Gasteiger partial charge in [0.15, 0.2) is 11.5 Å². The van der Waals surface area contributed by atoms with E-state index in [2.05, 4.69) is 5.10 Å². The average Bonchev–Trinajstić information content (AvgIpc) is 2.92. The minimum Gasteiger partial charge on any atom is -0.493 e. The fourth-order valence-corrected chi connectivity index (χ4v) is 2.88. The van der Waals surface area contributed by atoms with Gasteiger partial charge in [-0.1, -0.05) is 29.3 Å². The van der Waals surface area contributed by atoms with Crippen molar-refractivity contribution in [2.75, 3.05) is 19.2 Å². The summed E-state index contributed by atoms with van der Waals surface area (Å²) in [4.78, 5) is 12.8.